The number of unbranched alkanes of at least 4 members (excludes halogenated alkanes) is 39. The highest BCUT2D eigenvalue weighted by molar-refractivity contribution is 5.70. The average molecular weight is 1060 g/mol. The largest absolute Gasteiger partial charge is 0.462 e. The minimum Gasteiger partial charge on any atom is -0.462 e. The van der Waals surface area contributed by atoms with Crippen LogP contribution in [-0.4, -0.2) is 36.4 Å². The SMILES string of the molecule is CC/C=C\C/C=C\C/C=C\C/C=C\C/C=C\CCCCCCCC(=O)OC(CO)COC(=O)CCCCCCCCCCCCCCCCCCCCCCCCCCCCCCC/C=C\C/C=C\CCCCCCC. The van der Waals surface area contributed by atoms with E-state index in [-0.39, 0.29) is 25.2 Å². The molecule has 0 heterocycles. The van der Waals surface area contributed by atoms with E-state index in [9.17, 15) is 14.7 Å². The van der Waals surface area contributed by atoms with Crippen molar-refractivity contribution in [1.82, 2.24) is 0 Å². The third-order valence-corrected chi connectivity index (χ3v) is 14.7. The van der Waals surface area contributed by atoms with Crippen LogP contribution in [0.5, 0.6) is 0 Å². The van der Waals surface area contributed by atoms with E-state index < -0.39 is 6.10 Å². The first-order valence-corrected chi connectivity index (χ1v) is 33.1. The zero-order chi connectivity index (χ0) is 54.8. The Labute approximate surface area is 473 Å². The van der Waals surface area contributed by atoms with Gasteiger partial charge in [0.25, 0.3) is 0 Å². The highest BCUT2D eigenvalue weighted by atomic mass is 16.6. The van der Waals surface area contributed by atoms with Gasteiger partial charge in [0.15, 0.2) is 6.10 Å². The van der Waals surface area contributed by atoms with Gasteiger partial charge in [0, 0.05) is 12.8 Å². The van der Waals surface area contributed by atoms with Gasteiger partial charge in [-0.2, -0.15) is 0 Å². The van der Waals surface area contributed by atoms with Gasteiger partial charge in [0.2, 0.25) is 0 Å². The highest BCUT2D eigenvalue weighted by Crippen LogP contribution is 2.18. The lowest BCUT2D eigenvalue weighted by Crippen LogP contribution is -2.28. The predicted molar refractivity (Wildman–Crippen MR) is 334 cm³/mol. The number of rotatable bonds is 61. The Bertz CT molecular complexity index is 1380. The molecule has 1 atom stereocenters. The number of carbonyl (C=O) groups is 2. The van der Waals surface area contributed by atoms with Gasteiger partial charge in [-0.25, -0.2) is 0 Å². The Morgan fingerprint density at radius 2 is 0.566 bits per heavy atom. The average Bonchev–Trinajstić information content (AvgIpc) is 3.42. The van der Waals surface area contributed by atoms with Crippen molar-refractivity contribution in [2.45, 2.75) is 341 Å². The molecule has 0 rings (SSSR count). The van der Waals surface area contributed by atoms with Crippen molar-refractivity contribution in [2.24, 2.45) is 0 Å². The van der Waals surface area contributed by atoms with Gasteiger partial charge >= 0.3 is 11.9 Å². The van der Waals surface area contributed by atoms with Crippen molar-refractivity contribution >= 4 is 11.9 Å². The fourth-order valence-electron chi connectivity index (χ4n) is 9.73. The summed E-state index contributed by atoms with van der Waals surface area (Å²) in [7, 11) is 0. The second-order valence-corrected chi connectivity index (χ2v) is 22.2. The number of aliphatic hydroxyl groups is 1. The lowest BCUT2D eigenvalue weighted by atomic mass is 10.0. The maximum atomic E-state index is 12.3. The number of ether oxygens (including phenoxy) is 2. The first kappa shape index (κ1) is 73.1. The van der Waals surface area contributed by atoms with E-state index in [4.69, 9.17) is 9.47 Å². The molecule has 0 fully saturated rings. The normalized spacial score (nSPS) is 12.7. The topological polar surface area (TPSA) is 72.8 Å². The first-order chi connectivity index (χ1) is 37.6. The minimum absolute atomic E-state index is 0.0743. The summed E-state index contributed by atoms with van der Waals surface area (Å²) < 4.78 is 10.7. The van der Waals surface area contributed by atoms with Crippen LogP contribution in [0.3, 0.4) is 0 Å². The molecule has 440 valence electrons. The fraction of sp³-hybridized carbons (Fsp3) is 0.775. The molecule has 0 saturated heterocycles. The summed E-state index contributed by atoms with van der Waals surface area (Å²) >= 11 is 0. The minimum atomic E-state index is -0.786. The Hall–Kier alpha value is -2.92. The van der Waals surface area contributed by atoms with Crippen LogP contribution in [0, 0.1) is 0 Å². The third-order valence-electron chi connectivity index (χ3n) is 14.7. The molecule has 0 radical (unpaired) electrons. The molecule has 0 saturated carbocycles. The third kappa shape index (κ3) is 63.6. The molecule has 1 unspecified atom stereocenters. The molecule has 0 amide bonds. The van der Waals surface area contributed by atoms with Crippen molar-refractivity contribution in [3.8, 4) is 0 Å². The number of hydrogen-bond acceptors (Lipinski definition) is 5. The van der Waals surface area contributed by atoms with E-state index in [0.717, 1.165) is 96.3 Å². The van der Waals surface area contributed by atoms with Crippen LogP contribution in [0.4, 0.5) is 0 Å². The summed E-state index contributed by atoms with van der Waals surface area (Å²) in [6.07, 6.45) is 93.3. The lowest BCUT2D eigenvalue weighted by Gasteiger charge is -2.15. The van der Waals surface area contributed by atoms with Crippen molar-refractivity contribution in [3.63, 3.8) is 0 Å². The van der Waals surface area contributed by atoms with Crippen LogP contribution in [0.25, 0.3) is 0 Å². The van der Waals surface area contributed by atoms with Crippen molar-refractivity contribution in [3.05, 3.63) is 85.1 Å². The molecule has 0 aliphatic rings. The number of aliphatic hydroxyl groups excluding tert-OH is 1. The summed E-state index contributed by atoms with van der Waals surface area (Å²) in [5.41, 5.74) is 0. The molecular formula is C71H126O5. The van der Waals surface area contributed by atoms with Gasteiger partial charge in [-0.05, 0) is 89.9 Å². The molecule has 0 bridgehead atoms. The van der Waals surface area contributed by atoms with E-state index in [0.29, 0.717) is 12.8 Å². The number of allylic oxidation sites excluding steroid dienone is 14. The van der Waals surface area contributed by atoms with Crippen molar-refractivity contribution in [2.75, 3.05) is 13.2 Å². The van der Waals surface area contributed by atoms with E-state index in [2.05, 4.69) is 98.9 Å². The van der Waals surface area contributed by atoms with Crippen LogP contribution in [0.2, 0.25) is 0 Å². The van der Waals surface area contributed by atoms with Crippen LogP contribution in [0.15, 0.2) is 85.1 Å². The quantitative estimate of drug-likeness (QED) is 0.0373. The number of hydrogen-bond donors (Lipinski definition) is 1. The van der Waals surface area contributed by atoms with Crippen molar-refractivity contribution < 1.29 is 24.2 Å². The van der Waals surface area contributed by atoms with Gasteiger partial charge < -0.3 is 14.6 Å². The van der Waals surface area contributed by atoms with Crippen LogP contribution in [-0.2, 0) is 19.1 Å². The predicted octanol–water partition coefficient (Wildman–Crippen LogP) is 22.9. The molecule has 0 spiro atoms. The molecule has 76 heavy (non-hydrogen) atoms. The van der Waals surface area contributed by atoms with Gasteiger partial charge in [0.05, 0.1) is 6.61 Å². The summed E-state index contributed by atoms with van der Waals surface area (Å²) in [6, 6.07) is 0. The Balaban J connectivity index is 3.41. The zero-order valence-electron chi connectivity index (χ0n) is 50.5. The molecule has 0 aliphatic heterocycles. The van der Waals surface area contributed by atoms with Crippen molar-refractivity contribution in [1.29, 1.82) is 0 Å². The summed E-state index contributed by atoms with van der Waals surface area (Å²) in [4.78, 5) is 24.6. The van der Waals surface area contributed by atoms with Gasteiger partial charge in [0.1, 0.15) is 6.61 Å². The van der Waals surface area contributed by atoms with Gasteiger partial charge in [-0.1, -0.05) is 317 Å². The van der Waals surface area contributed by atoms with E-state index in [1.54, 1.807) is 0 Å². The fourth-order valence-corrected chi connectivity index (χ4v) is 9.73. The summed E-state index contributed by atoms with van der Waals surface area (Å²) in [6.45, 7) is 4.03. The highest BCUT2D eigenvalue weighted by Gasteiger charge is 2.16. The van der Waals surface area contributed by atoms with E-state index in [1.807, 2.05) is 0 Å². The molecule has 0 aromatic rings. The molecular weight excluding hydrogens is 933 g/mol. The van der Waals surface area contributed by atoms with Gasteiger partial charge in [-0.3, -0.25) is 9.59 Å². The monoisotopic (exact) mass is 1060 g/mol. The molecule has 0 aromatic carbocycles. The summed E-state index contributed by atoms with van der Waals surface area (Å²) in [5.74, 6) is -0.603. The molecule has 5 heteroatoms. The van der Waals surface area contributed by atoms with Gasteiger partial charge in [-0.15, -0.1) is 0 Å². The molecule has 1 N–H and O–H groups in total. The Morgan fingerprint density at radius 3 is 0.855 bits per heavy atom. The first-order valence-electron chi connectivity index (χ1n) is 33.1. The standard InChI is InChI=1S/C71H126O5/c1-3-5-7-9-11-13-15-17-19-21-23-25-26-27-28-29-30-31-32-33-34-35-36-37-38-39-40-41-42-43-44-46-47-49-51-53-55-57-59-61-63-65-70(73)75-68-69(67-72)76-71(74)66-64-62-60-58-56-54-52-50-48-45-24-22-20-18-16-14-12-10-8-6-4-2/h6,8,12,14-15,17-18,20-21,23-24,45,50,52,69,72H,3-5,7,9-11,13,16,19,22,25-44,46-49,51,53-68H2,1-2H3/b8-6-,14-12-,17-15-,20-18-,23-21-,45-24-,52-50-. The second kappa shape index (κ2) is 66.4. The summed E-state index contributed by atoms with van der Waals surface area (Å²) in [5, 5.41) is 9.67. The lowest BCUT2D eigenvalue weighted by molar-refractivity contribution is -0.161. The molecule has 5 nitrogen and oxygen atoms in total. The molecule has 0 aliphatic carbocycles. The van der Waals surface area contributed by atoms with Crippen LogP contribution < -0.4 is 0 Å². The Morgan fingerprint density at radius 1 is 0.316 bits per heavy atom. The number of carbonyl (C=O) groups excluding carboxylic acids is 2. The Kier molecular flexibility index (Phi) is 63.8. The second-order valence-electron chi connectivity index (χ2n) is 22.2. The smallest absolute Gasteiger partial charge is 0.306 e. The molecule has 0 aromatic heterocycles. The number of esters is 2. The van der Waals surface area contributed by atoms with Crippen LogP contribution in [0.1, 0.15) is 335 Å². The van der Waals surface area contributed by atoms with E-state index in [1.165, 1.54) is 212 Å². The zero-order valence-corrected chi connectivity index (χ0v) is 50.5. The maximum Gasteiger partial charge on any atom is 0.306 e. The maximum absolute atomic E-state index is 12.3. The van der Waals surface area contributed by atoms with Crippen LogP contribution >= 0.6 is 0 Å². The van der Waals surface area contributed by atoms with E-state index >= 15 is 0 Å².